The van der Waals surface area contributed by atoms with Crippen molar-refractivity contribution < 1.29 is 0 Å². The number of likely N-dealkylation sites (tertiary alicyclic amines) is 1. The van der Waals surface area contributed by atoms with Gasteiger partial charge in [-0.25, -0.2) is 0 Å². The number of halogens is 1. The lowest BCUT2D eigenvalue weighted by Gasteiger charge is -2.25. The van der Waals surface area contributed by atoms with Crippen LogP contribution in [0.25, 0.3) is 0 Å². The average Bonchev–Trinajstić information content (AvgIpc) is 2.82. The molecule has 1 aliphatic heterocycles. The second-order valence-corrected chi connectivity index (χ2v) is 6.54. The summed E-state index contributed by atoms with van der Waals surface area (Å²) in [5.41, 5.74) is 2.47. The lowest BCUT2D eigenvalue weighted by molar-refractivity contribution is 0.255. The second kappa shape index (κ2) is 6.58. The summed E-state index contributed by atoms with van der Waals surface area (Å²) in [7, 11) is 0. The number of nitrogens with one attached hydrogen (secondary N) is 1. The Bertz CT molecular complexity index is 588. The van der Waals surface area contributed by atoms with Crippen molar-refractivity contribution in [2.45, 2.75) is 32.0 Å². The largest absolute Gasteiger partial charge is 0.379 e. The Balaban J connectivity index is 1.62. The van der Waals surface area contributed by atoms with Crippen molar-refractivity contribution in [1.29, 1.82) is 0 Å². The minimum absolute atomic E-state index is 0.477. The number of benzene rings is 1. The van der Waals surface area contributed by atoms with Gasteiger partial charge in [0.2, 0.25) is 0 Å². The molecule has 1 saturated heterocycles. The molecule has 0 radical (unpaired) electrons. The van der Waals surface area contributed by atoms with Crippen molar-refractivity contribution in [2.24, 2.45) is 0 Å². The first kappa shape index (κ1) is 14.5. The molecule has 1 aromatic carbocycles. The van der Waals surface area contributed by atoms with Gasteiger partial charge in [-0.3, -0.25) is 9.88 Å². The van der Waals surface area contributed by atoms with E-state index in [2.05, 4.69) is 74.5 Å². The maximum atomic E-state index is 4.22. The maximum absolute atomic E-state index is 4.22. The fraction of sp³-hybridized carbons (Fsp3) is 0.353. The Labute approximate surface area is 134 Å². The first-order chi connectivity index (χ1) is 10.2. The van der Waals surface area contributed by atoms with Crippen LogP contribution in [0.1, 0.15) is 18.9 Å². The lowest BCUT2D eigenvalue weighted by Crippen LogP contribution is -2.35. The number of nitrogens with zero attached hydrogens (tertiary/aromatic N) is 2. The summed E-state index contributed by atoms with van der Waals surface area (Å²) in [5, 5.41) is 3.61. The van der Waals surface area contributed by atoms with E-state index >= 15 is 0 Å². The topological polar surface area (TPSA) is 28.2 Å². The summed E-state index contributed by atoms with van der Waals surface area (Å²) < 4.78 is 1.01. The van der Waals surface area contributed by atoms with Crippen molar-refractivity contribution in [3.05, 3.63) is 58.8 Å². The van der Waals surface area contributed by atoms with Crippen molar-refractivity contribution in [3.8, 4) is 0 Å². The molecule has 110 valence electrons. The van der Waals surface area contributed by atoms with Crippen LogP contribution in [0.2, 0.25) is 0 Å². The van der Waals surface area contributed by atoms with Crippen LogP contribution in [0.4, 0.5) is 5.69 Å². The molecular weight excluding hydrogens is 326 g/mol. The molecule has 2 unspecified atom stereocenters. The van der Waals surface area contributed by atoms with Crippen LogP contribution < -0.4 is 5.32 Å². The van der Waals surface area contributed by atoms with E-state index < -0.39 is 0 Å². The van der Waals surface area contributed by atoms with E-state index in [4.69, 9.17) is 0 Å². The Morgan fingerprint density at radius 2 is 2.10 bits per heavy atom. The molecule has 3 nitrogen and oxygen atoms in total. The van der Waals surface area contributed by atoms with Gasteiger partial charge in [-0.05, 0) is 40.9 Å². The monoisotopic (exact) mass is 345 g/mol. The maximum Gasteiger partial charge on any atom is 0.0540 e. The third-order valence-electron chi connectivity index (χ3n) is 4.17. The smallest absolute Gasteiger partial charge is 0.0540 e. The van der Waals surface area contributed by atoms with Gasteiger partial charge in [0, 0.05) is 35.8 Å². The first-order valence-corrected chi connectivity index (χ1v) is 8.17. The molecule has 4 heteroatoms. The van der Waals surface area contributed by atoms with Gasteiger partial charge in [0.05, 0.1) is 11.9 Å². The minimum atomic E-state index is 0.477. The molecule has 1 fully saturated rings. The quantitative estimate of drug-likeness (QED) is 0.910. The average molecular weight is 346 g/mol. The standard InChI is InChI=1S/C17H20BrN3/c1-13-17(20-16-9-15(18)10-19-11-16)7-8-21(13)12-14-5-3-2-4-6-14/h2-6,9-11,13,17,20H,7-8,12H2,1H3. The molecule has 1 aromatic heterocycles. The fourth-order valence-electron chi connectivity index (χ4n) is 2.94. The Morgan fingerprint density at radius 1 is 1.29 bits per heavy atom. The second-order valence-electron chi connectivity index (χ2n) is 5.63. The predicted octanol–water partition coefficient (Wildman–Crippen LogP) is 3.92. The van der Waals surface area contributed by atoms with Crippen molar-refractivity contribution in [2.75, 3.05) is 11.9 Å². The van der Waals surface area contributed by atoms with Gasteiger partial charge < -0.3 is 5.32 Å². The van der Waals surface area contributed by atoms with Crippen molar-refractivity contribution in [3.63, 3.8) is 0 Å². The van der Waals surface area contributed by atoms with Crippen molar-refractivity contribution >= 4 is 21.6 Å². The normalized spacial score (nSPS) is 22.4. The van der Waals surface area contributed by atoms with Gasteiger partial charge in [-0.1, -0.05) is 30.3 Å². The summed E-state index contributed by atoms with van der Waals surface area (Å²) in [4.78, 5) is 6.76. The number of hydrogen-bond donors (Lipinski definition) is 1. The lowest BCUT2D eigenvalue weighted by atomic mass is 10.1. The van der Waals surface area contributed by atoms with Crippen LogP contribution in [0.5, 0.6) is 0 Å². The molecule has 2 atom stereocenters. The summed E-state index contributed by atoms with van der Waals surface area (Å²) in [6.45, 7) is 4.46. The van der Waals surface area contributed by atoms with Crippen LogP contribution in [0, 0.1) is 0 Å². The van der Waals surface area contributed by atoms with Crippen LogP contribution in [-0.2, 0) is 6.54 Å². The molecule has 0 aliphatic carbocycles. The highest BCUT2D eigenvalue weighted by Gasteiger charge is 2.30. The van der Waals surface area contributed by atoms with Crippen LogP contribution >= 0.6 is 15.9 Å². The highest BCUT2D eigenvalue weighted by atomic mass is 79.9. The van der Waals surface area contributed by atoms with E-state index in [0.29, 0.717) is 12.1 Å². The van der Waals surface area contributed by atoms with E-state index in [-0.39, 0.29) is 0 Å². The van der Waals surface area contributed by atoms with E-state index in [0.717, 1.165) is 23.2 Å². The van der Waals surface area contributed by atoms with E-state index in [1.807, 2.05) is 12.4 Å². The zero-order valence-electron chi connectivity index (χ0n) is 12.2. The van der Waals surface area contributed by atoms with Gasteiger partial charge in [0.1, 0.15) is 0 Å². The zero-order valence-corrected chi connectivity index (χ0v) is 13.8. The van der Waals surface area contributed by atoms with Crippen LogP contribution in [-0.4, -0.2) is 28.5 Å². The third kappa shape index (κ3) is 3.63. The van der Waals surface area contributed by atoms with Gasteiger partial charge in [0.25, 0.3) is 0 Å². The SMILES string of the molecule is CC1C(Nc2cncc(Br)c2)CCN1Cc1ccccc1. The summed E-state index contributed by atoms with van der Waals surface area (Å²) in [6, 6.07) is 13.8. The van der Waals surface area contributed by atoms with Gasteiger partial charge >= 0.3 is 0 Å². The van der Waals surface area contributed by atoms with Gasteiger partial charge in [-0.2, -0.15) is 0 Å². The van der Waals surface area contributed by atoms with E-state index in [1.54, 1.807) is 0 Å². The Morgan fingerprint density at radius 3 is 2.86 bits per heavy atom. The molecular formula is C17H20BrN3. The zero-order chi connectivity index (χ0) is 14.7. The van der Waals surface area contributed by atoms with Crippen LogP contribution in [0.15, 0.2) is 53.3 Å². The number of rotatable bonds is 4. The number of hydrogen-bond acceptors (Lipinski definition) is 3. The highest BCUT2D eigenvalue weighted by Crippen LogP contribution is 2.24. The minimum Gasteiger partial charge on any atom is -0.379 e. The van der Waals surface area contributed by atoms with Gasteiger partial charge in [-0.15, -0.1) is 0 Å². The predicted molar refractivity (Wildman–Crippen MR) is 90.3 cm³/mol. The molecule has 2 aromatic rings. The van der Waals surface area contributed by atoms with Crippen LogP contribution in [0.3, 0.4) is 0 Å². The molecule has 0 amide bonds. The first-order valence-electron chi connectivity index (χ1n) is 7.37. The molecule has 0 bridgehead atoms. The van der Waals surface area contributed by atoms with Crippen molar-refractivity contribution in [1.82, 2.24) is 9.88 Å². The summed E-state index contributed by atoms with van der Waals surface area (Å²) in [5.74, 6) is 0. The molecule has 2 heterocycles. The molecule has 0 spiro atoms. The third-order valence-corrected chi connectivity index (χ3v) is 4.60. The molecule has 0 saturated carbocycles. The molecule has 21 heavy (non-hydrogen) atoms. The molecule has 1 N–H and O–H groups in total. The Kier molecular flexibility index (Phi) is 4.56. The van der Waals surface area contributed by atoms with Gasteiger partial charge in [0.15, 0.2) is 0 Å². The number of anilines is 1. The highest BCUT2D eigenvalue weighted by molar-refractivity contribution is 9.10. The summed E-state index contributed by atoms with van der Waals surface area (Å²) in [6.07, 6.45) is 4.86. The summed E-state index contributed by atoms with van der Waals surface area (Å²) >= 11 is 3.47. The molecule has 1 aliphatic rings. The van der Waals surface area contributed by atoms with E-state index in [9.17, 15) is 0 Å². The van der Waals surface area contributed by atoms with E-state index in [1.165, 1.54) is 12.0 Å². The number of aromatic nitrogens is 1. The fourth-order valence-corrected chi connectivity index (χ4v) is 3.31. The number of pyridine rings is 1. The molecule has 3 rings (SSSR count). The Hall–Kier alpha value is -1.39.